The molecule has 2 aliphatic heterocycles. The van der Waals surface area contributed by atoms with Gasteiger partial charge >= 0.3 is 0 Å². The number of aromatic nitrogens is 3. The summed E-state index contributed by atoms with van der Waals surface area (Å²) in [6.07, 6.45) is 10.7. The van der Waals surface area contributed by atoms with Crippen LogP contribution in [0.4, 0.5) is 0 Å². The molecule has 6 heterocycles. The molecule has 0 bridgehead atoms. The molecular weight excluding hydrogens is 627 g/mol. The normalized spacial score (nSPS) is 17.4. The molecule has 2 aromatic carbocycles. The van der Waals surface area contributed by atoms with Gasteiger partial charge in [-0.05, 0) is 72.4 Å². The van der Waals surface area contributed by atoms with E-state index in [1.807, 2.05) is 6.20 Å². The van der Waals surface area contributed by atoms with Gasteiger partial charge in [-0.15, -0.1) is 0 Å². The standard InChI is InChI=1S/C45H51N3OSi/c1-28(2)22-30-20-21-47-29(3)43-35(18-19-37-42(39(47)23-30)44-36(26-46-37)34-16-12-13-17-40(34)49-44)32-14-10-11-15-33(32)38-24-31(25-45(4,5)6)41(27-48(38)43)50(7,8)9/h10-17,20-21,23-24,26-28,35,43H,3,18-19,22,25H2,1-2,4-9H3/q+2. The molecule has 254 valence electrons. The average molecular weight is 678 g/mol. The number of para-hydroxylation sites is 1. The third-order valence-electron chi connectivity index (χ3n) is 10.8. The van der Waals surface area contributed by atoms with Crippen LogP contribution in [0.1, 0.15) is 75.4 Å². The maximum atomic E-state index is 6.75. The fourth-order valence-electron chi connectivity index (χ4n) is 8.76. The first-order valence-corrected chi connectivity index (χ1v) is 22.0. The van der Waals surface area contributed by atoms with Crippen LogP contribution < -0.4 is 14.3 Å². The van der Waals surface area contributed by atoms with Crippen molar-refractivity contribution in [3.8, 4) is 22.5 Å². The SMILES string of the molecule is C=C1C2C(CCc3ncc4c(oc5ccccc54)c3-c3cc(CC(C)C)cc[n+]31)c1ccccc1-c1cc(CC(C)(C)C)c([Si](C)(C)C)c[n+]12. The first kappa shape index (κ1) is 32.8. The molecule has 0 amide bonds. The molecule has 0 radical (unpaired) electrons. The van der Waals surface area contributed by atoms with E-state index in [1.165, 1.54) is 27.9 Å². The van der Waals surface area contributed by atoms with Gasteiger partial charge in [0.1, 0.15) is 11.1 Å². The summed E-state index contributed by atoms with van der Waals surface area (Å²) in [5.41, 5.74) is 13.3. The maximum Gasteiger partial charge on any atom is 0.249 e. The lowest BCUT2D eigenvalue weighted by molar-refractivity contribution is -0.726. The lowest BCUT2D eigenvalue weighted by Crippen LogP contribution is -2.57. The van der Waals surface area contributed by atoms with Gasteiger partial charge in [0.2, 0.25) is 23.1 Å². The van der Waals surface area contributed by atoms with E-state index in [4.69, 9.17) is 16.0 Å². The Hall–Kier alpha value is -4.35. The molecule has 50 heavy (non-hydrogen) atoms. The van der Waals surface area contributed by atoms with Crippen LogP contribution >= 0.6 is 0 Å². The number of nitrogens with zero attached hydrogens (tertiary/aromatic N) is 3. The minimum absolute atomic E-state index is 0.0406. The smallest absolute Gasteiger partial charge is 0.249 e. The number of rotatable bonds is 4. The number of hydrogen-bond acceptors (Lipinski definition) is 2. The van der Waals surface area contributed by atoms with Crippen molar-refractivity contribution in [2.75, 3.05) is 0 Å². The van der Waals surface area contributed by atoms with Crippen molar-refractivity contribution in [1.29, 1.82) is 0 Å². The third kappa shape index (κ3) is 5.55. The molecular formula is C45H51N3OSi+2. The van der Waals surface area contributed by atoms with Crippen LogP contribution in [0, 0.1) is 11.3 Å². The summed E-state index contributed by atoms with van der Waals surface area (Å²) < 4.78 is 11.8. The largest absolute Gasteiger partial charge is 0.455 e. The number of pyridine rings is 3. The molecule has 2 unspecified atom stereocenters. The van der Waals surface area contributed by atoms with Crippen LogP contribution in [0.25, 0.3) is 50.2 Å². The number of benzene rings is 2. The molecule has 8 rings (SSSR count). The number of fused-ring (bicyclic) bond motifs is 13. The van der Waals surface area contributed by atoms with E-state index in [2.05, 4.69) is 143 Å². The molecule has 0 fully saturated rings. The monoisotopic (exact) mass is 677 g/mol. The van der Waals surface area contributed by atoms with E-state index in [1.54, 1.807) is 5.19 Å². The Bertz CT molecular complexity index is 2320. The summed E-state index contributed by atoms with van der Waals surface area (Å²) in [6, 6.07) is 24.8. The van der Waals surface area contributed by atoms with Crippen molar-refractivity contribution in [1.82, 2.24) is 4.98 Å². The number of hydrogen-bond donors (Lipinski definition) is 0. The van der Waals surface area contributed by atoms with Crippen molar-refractivity contribution in [3.63, 3.8) is 0 Å². The van der Waals surface area contributed by atoms with E-state index in [9.17, 15) is 0 Å². The van der Waals surface area contributed by atoms with Gasteiger partial charge in [-0.3, -0.25) is 4.98 Å². The van der Waals surface area contributed by atoms with Gasteiger partial charge in [0.05, 0.1) is 19.7 Å². The molecule has 0 saturated heterocycles. The lowest BCUT2D eigenvalue weighted by Gasteiger charge is -2.32. The third-order valence-corrected chi connectivity index (χ3v) is 12.9. The Kier molecular flexibility index (Phi) is 7.79. The summed E-state index contributed by atoms with van der Waals surface area (Å²) in [4.78, 5) is 5.25. The molecule has 4 aromatic heterocycles. The molecule has 0 saturated carbocycles. The van der Waals surface area contributed by atoms with Crippen LogP contribution in [0.15, 0.2) is 96.3 Å². The van der Waals surface area contributed by atoms with Crippen molar-refractivity contribution < 1.29 is 13.6 Å². The van der Waals surface area contributed by atoms with Crippen LogP contribution in [-0.4, -0.2) is 13.1 Å². The summed E-state index contributed by atoms with van der Waals surface area (Å²) in [6.45, 7) is 24.2. The minimum Gasteiger partial charge on any atom is -0.455 e. The van der Waals surface area contributed by atoms with Crippen LogP contribution in [-0.2, 0) is 19.3 Å². The zero-order chi connectivity index (χ0) is 35.1. The zero-order valence-corrected chi connectivity index (χ0v) is 32.1. The van der Waals surface area contributed by atoms with Gasteiger partial charge in [-0.25, -0.2) is 0 Å². The second kappa shape index (κ2) is 11.9. The highest BCUT2D eigenvalue weighted by Gasteiger charge is 2.48. The fraction of sp³-hybridized carbons (Fsp3) is 0.356. The molecule has 0 aliphatic carbocycles. The summed E-state index contributed by atoms with van der Waals surface area (Å²) >= 11 is 0. The van der Waals surface area contributed by atoms with E-state index >= 15 is 0 Å². The van der Waals surface area contributed by atoms with Gasteiger partial charge in [0.25, 0.3) is 0 Å². The fourth-order valence-corrected chi connectivity index (χ4v) is 10.4. The lowest BCUT2D eigenvalue weighted by atomic mass is 9.78. The minimum atomic E-state index is -1.71. The first-order chi connectivity index (χ1) is 23.8. The Labute approximate surface area is 298 Å². The van der Waals surface area contributed by atoms with Crippen molar-refractivity contribution >= 4 is 40.9 Å². The average Bonchev–Trinajstić information content (AvgIpc) is 3.45. The Morgan fingerprint density at radius 2 is 1.72 bits per heavy atom. The van der Waals surface area contributed by atoms with Gasteiger partial charge in [0.15, 0.2) is 18.0 Å². The highest BCUT2D eigenvalue weighted by atomic mass is 28.3. The molecule has 0 N–H and O–H groups in total. The predicted octanol–water partition coefficient (Wildman–Crippen LogP) is 9.98. The second-order valence-electron chi connectivity index (χ2n) is 17.5. The second-order valence-corrected chi connectivity index (χ2v) is 22.5. The topological polar surface area (TPSA) is 33.8 Å². The highest BCUT2D eigenvalue weighted by molar-refractivity contribution is 6.89. The van der Waals surface area contributed by atoms with Crippen LogP contribution in [0.5, 0.6) is 0 Å². The highest BCUT2D eigenvalue weighted by Crippen LogP contribution is 2.46. The van der Waals surface area contributed by atoms with Gasteiger partial charge in [-0.1, -0.05) is 90.7 Å². The maximum absolute atomic E-state index is 6.75. The molecule has 4 nitrogen and oxygen atoms in total. The number of allylic oxidation sites excluding steroid dienone is 1. The first-order valence-electron chi connectivity index (χ1n) is 18.5. The summed E-state index contributed by atoms with van der Waals surface area (Å²) in [5, 5.41) is 3.73. The quantitative estimate of drug-likeness (QED) is 0.138. The molecule has 2 atom stereocenters. The van der Waals surface area contributed by atoms with Gasteiger partial charge in [0, 0.05) is 45.9 Å². The van der Waals surface area contributed by atoms with E-state index < -0.39 is 8.07 Å². The van der Waals surface area contributed by atoms with Gasteiger partial charge in [-0.2, -0.15) is 9.13 Å². The number of furan rings is 1. The van der Waals surface area contributed by atoms with Crippen molar-refractivity contribution in [2.24, 2.45) is 11.3 Å². The summed E-state index contributed by atoms with van der Waals surface area (Å²) in [5.74, 6) is 0.773. The summed E-state index contributed by atoms with van der Waals surface area (Å²) in [7, 11) is -1.71. The van der Waals surface area contributed by atoms with E-state index in [0.717, 1.165) is 70.3 Å². The van der Waals surface area contributed by atoms with E-state index in [0.29, 0.717) is 5.92 Å². The predicted molar refractivity (Wildman–Crippen MR) is 209 cm³/mol. The molecule has 2 aliphatic rings. The Morgan fingerprint density at radius 3 is 2.48 bits per heavy atom. The molecule has 6 aromatic rings. The van der Waals surface area contributed by atoms with Crippen LogP contribution in [0.2, 0.25) is 19.6 Å². The van der Waals surface area contributed by atoms with E-state index in [-0.39, 0.29) is 17.4 Å². The molecule has 5 heteroatoms. The zero-order valence-electron chi connectivity index (χ0n) is 31.1. The van der Waals surface area contributed by atoms with Crippen molar-refractivity contribution in [3.05, 3.63) is 114 Å². The van der Waals surface area contributed by atoms with Crippen molar-refractivity contribution in [2.45, 2.75) is 91.9 Å². The van der Waals surface area contributed by atoms with Gasteiger partial charge < -0.3 is 4.42 Å². The Balaban J connectivity index is 1.42. The molecule has 0 spiro atoms. The van der Waals surface area contributed by atoms with Crippen LogP contribution in [0.3, 0.4) is 0 Å². The Morgan fingerprint density at radius 1 is 0.960 bits per heavy atom. The number of aryl methyl sites for hydroxylation is 1.